The van der Waals surface area contributed by atoms with Crippen molar-refractivity contribution in [1.82, 2.24) is 4.72 Å². The molecule has 0 bridgehead atoms. The van der Waals surface area contributed by atoms with Gasteiger partial charge >= 0.3 is 0 Å². The summed E-state index contributed by atoms with van der Waals surface area (Å²) in [6.45, 7) is 0.104. The van der Waals surface area contributed by atoms with Crippen LogP contribution in [-0.2, 0) is 27.3 Å². The molecule has 5 nitrogen and oxygen atoms in total. The summed E-state index contributed by atoms with van der Waals surface area (Å²) in [6.07, 6.45) is 0. The molecule has 0 radical (unpaired) electrons. The molecule has 0 spiro atoms. The van der Waals surface area contributed by atoms with Crippen LogP contribution in [0.15, 0.2) is 64.4 Å². The molecule has 0 unspecified atom stereocenters. The van der Waals surface area contributed by atoms with Crippen molar-refractivity contribution < 1.29 is 16.8 Å². The van der Waals surface area contributed by atoms with Crippen LogP contribution >= 0.6 is 0 Å². The third-order valence-corrected chi connectivity index (χ3v) is 4.80. The molecule has 0 amide bonds. The third kappa shape index (κ3) is 3.66. The molecule has 2 aromatic carbocycles. The van der Waals surface area contributed by atoms with Crippen LogP contribution in [0.25, 0.3) is 0 Å². The molecule has 0 atom stereocenters. The lowest BCUT2D eigenvalue weighted by Crippen LogP contribution is -2.23. The topological polar surface area (TPSA) is 80.3 Å². The predicted molar refractivity (Wildman–Crippen MR) is 75.5 cm³/mol. The summed E-state index contributed by atoms with van der Waals surface area (Å²) in [4.78, 5) is 0.397. The minimum atomic E-state index is -3.55. The average Bonchev–Trinajstić information content (AvgIpc) is 2.46. The van der Waals surface area contributed by atoms with Gasteiger partial charge in [-0.3, -0.25) is 0 Å². The van der Waals surface area contributed by atoms with Crippen molar-refractivity contribution in [3.63, 3.8) is 0 Å². The molecular formula is C13H13NO4S2. The molecule has 0 heterocycles. The van der Waals surface area contributed by atoms with E-state index in [0.717, 1.165) is 0 Å². The molecular weight excluding hydrogens is 298 g/mol. The van der Waals surface area contributed by atoms with E-state index in [1.165, 1.54) is 24.3 Å². The van der Waals surface area contributed by atoms with Gasteiger partial charge in [0, 0.05) is 6.54 Å². The largest absolute Gasteiger partial charge is 0.240 e. The van der Waals surface area contributed by atoms with Gasteiger partial charge in [-0.15, -0.1) is 0 Å². The molecule has 7 heteroatoms. The van der Waals surface area contributed by atoms with E-state index in [9.17, 15) is 16.8 Å². The number of nitrogens with one attached hydrogen (secondary N) is 1. The zero-order valence-corrected chi connectivity index (χ0v) is 12.1. The summed E-state index contributed by atoms with van der Waals surface area (Å²) in [5, 5.41) is 0. The lowest BCUT2D eigenvalue weighted by molar-refractivity contribution is 0.581. The molecule has 0 saturated carbocycles. The monoisotopic (exact) mass is 311 g/mol. The molecule has 0 aromatic heterocycles. The quantitative estimate of drug-likeness (QED) is 0.811. The maximum Gasteiger partial charge on any atom is 0.240 e. The van der Waals surface area contributed by atoms with Crippen molar-refractivity contribution in [3.8, 4) is 0 Å². The molecule has 0 saturated heterocycles. The van der Waals surface area contributed by atoms with E-state index in [0.29, 0.717) is 5.56 Å². The average molecular weight is 311 g/mol. The second-order valence-electron chi connectivity index (χ2n) is 4.06. The maximum atomic E-state index is 12.0. The van der Waals surface area contributed by atoms with Gasteiger partial charge in [0.05, 0.1) is 9.79 Å². The first-order valence-corrected chi connectivity index (χ1v) is 8.43. The van der Waals surface area contributed by atoms with Crippen molar-refractivity contribution in [3.05, 3.63) is 60.2 Å². The Hall–Kier alpha value is -1.70. The Morgan fingerprint density at radius 1 is 0.900 bits per heavy atom. The van der Waals surface area contributed by atoms with Crippen molar-refractivity contribution in [1.29, 1.82) is 0 Å². The number of rotatable bonds is 5. The van der Waals surface area contributed by atoms with Crippen LogP contribution in [0.2, 0.25) is 0 Å². The highest BCUT2D eigenvalue weighted by atomic mass is 32.2. The fourth-order valence-electron chi connectivity index (χ4n) is 1.60. The Morgan fingerprint density at radius 3 is 2.05 bits per heavy atom. The third-order valence-electron chi connectivity index (χ3n) is 2.67. The number of hydrogen-bond acceptors (Lipinski definition) is 4. The summed E-state index contributed by atoms with van der Waals surface area (Å²) in [7, 11) is -6.17. The smallest absolute Gasteiger partial charge is 0.227 e. The van der Waals surface area contributed by atoms with Gasteiger partial charge in [0.2, 0.25) is 10.0 Å². The Balaban J connectivity index is 2.09. The van der Waals surface area contributed by atoms with Crippen molar-refractivity contribution in [2.45, 2.75) is 16.3 Å². The standard InChI is InChI=1S/C13H13NO4S2/c15-19(16)12-8-6-11(7-9-12)10-14-20(17,18)13-4-2-1-3-5-13/h1-9,14,19H,10H2. The van der Waals surface area contributed by atoms with Crippen molar-refractivity contribution in [2.24, 2.45) is 0 Å². The lowest BCUT2D eigenvalue weighted by atomic mass is 10.2. The van der Waals surface area contributed by atoms with E-state index < -0.39 is 20.7 Å². The minimum Gasteiger partial charge on any atom is -0.227 e. The highest BCUT2D eigenvalue weighted by Gasteiger charge is 2.12. The van der Waals surface area contributed by atoms with Crippen LogP contribution in [0.1, 0.15) is 5.56 Å². The number of sulfonamides is 1. The summed E-state index contributed by atoms with van der Waals surface area (Å²) < 4.78 is 47.9. The fraction of sp³-hybridized carbons (Fsp3) is 0.0769. The highest BCUT2D eigenvalue weighted by Crippen LogP contribution is 2.10. The predicted octanol–water partition coefficient (Wildman–Crippen LogP) is 1.14. The van der Waals surface area contributed by atoms with Gasteiger partial charge in [0.1, 0.15) is 0 Å². The Morgan fingerprint density at radius 2 is 1.50 bits per heavy atom. The maximum absolute atomic E-state index is 12.0. The Kier molecular flexibility index (Phi) is 4.53. The summed E-state index contributed by atoms with van der Waals surface area (Å²) in [5.74, 6) is 0. The summed E-state index contributed by atoms with van der Waals surface area (Å²) in [5.41, 5.74) is 0.685. The molecule has 0 aliphatic rings. The lowest BCUT2D eigenvalue weighted by Gasteiger charge is -2.06. The second-order valence-corrected chi connectivity index (χ2v) is 6.86. The van der Waals surface area contributed by atoms with Crippen LogP contribution in [0.5, 0.6) is 0 Å². The van der Waals surface area contributed by atoms with Gasteiger partial charge in [-0.1, -0.05) is 30.3 Å². The highest BCUT2D eigenvalue weighted by molar-refractivity contribution is 7.89. The zero-order chi connectivity index (χ0) is 14.6. The van der Waals surface area contributed by atoms with Crippen LogP contribution in [0.4, 0.5) is 0 Å². The molecule has 106 valence electrons. The molecule has 0 fully saturated rings. The van der Waals surface area contributed by atoms with Crippen LogP contribution in [0, 0.1) is 0 Å². The first kappa shape index (κ1) is 14.7. The Bertz CT molecular complexity index is 743. The number of hydrogen-bond donors (Lipinski definition) is 2. The van der Waals surface area contributed by atoms with Gasteiger partial charge in [-0.2, -0.15) is 0 Å². The van der Waals surface area contributed by atoms with Gasteiger partial charge in [0.25, 0.3) is 0 Å². The van der Waals surface area contributed by atoms with Gasteiger partial charge < -0.3 is 0 Å². The first-order valence-electron chi connectivity index (χ1n) is 5.77. The second kappa shape index (κ2) is 6.17. The molecule has 2 aromatic rings. The van der Waals surface area contributed by atoms with Crippen LogP contribution in [-0.4, -0.2) is 16.8 Å². The van der Waals surface area contributed by atoms with Gasteiger partial charge in [0.15, 0.2) is 10.7 Å². The SMILES string of the molecule is O=[SH](=O)c1ccc(CNS(=O)(=O)c2ccccc2)cc1. The summed E-state index contributed by atoms with van der Waals surface area (Å²) in [6, 6.07) is 14.1. The van der Waals surface area contributed by atoms with E-state index >= 15 is 0 Å². The van der Waals surface area contributed by atoms with Crippen molar-refractivity contribution in [2.75, 3.05) is 0 Å². The van der Waals surface area contributed by atoms with E-state index in [4.69, 9.17) is 0 Å². The summed E-state index contributed by atoms with van der Waals surface area (Å²) >= 11 is 0. The van der Waals surface area contributed by atoms with E-state index in [2.05, 4.69) is 4.72 Å². The van der Waals surface area contributed by atoms with E-state index in [1.807, 2.05) is 0 Å². The molecule has 2 rings (SSSR count). The molecule has 1 N–H and O–H groups in total. The minimum absolute atomic E-state index is 0.104. The van der Waals surface area contributed by atoms with Gasteiger partial charge in [-0.05, 0) is 29.8 Å². The van der Waals surface area contributed by atoms with Crippen LogP contribution in [0.3, 0.4) is 0 Å². The van der Waals surface area contributed by atoms with E-state index in [1.54, 1.807) is 30.3 Å². The molecule has 20 heavy (non-hydrogen) atoms. The molecule has 0 aliphatic heterocycles. The number of benzene rings is 2. The molecule has 0 aliphatic carbocycles. The van der Waals surface area contributed by atoms with Crippen molar-refractivity contribution >= 4 is 20.7 Å². The van der Waals surface area contributed by atoms with E-state index in [-0.39, 0.29) is 16.3 Å². The Labute approximate surface area is 119 Å². The van der Waals surface area contributed by atoms with Crippen LogP contribution < -0.4 is 4.72 Å². The first-order chi connectivity index (χ1) is 9.49. The fourth-order valence-corrected chi connectivity index (χ4v) is 3.03. The normalized spacial score (nSPS) is 11.7. The van der Waals surface area contributed by atoms with Gasteiger partial charge in [-0.25, -0.2) is 21.6 Å². The number of thiol groups is 1. The zero-order valence-electron chi connectivity index (χ0n) is 10.4.